The Morgan fingerprint density at radius 3 is 2.37 bits per heavy atom. The van der Waals surface area contributed by atoms with Crippen molar-refractivity contribution >= 4 is 46.5 Å². The fraction of sp³-hybridized carbons (Fsp3) is 0.263. The van der Waals surface area contributed by atoms with Gasteiger partial charge >= 0.3 is 5.97 Å². The molecule has 0 spiro atoms. The van der Waals surface area contributed by atoms with Gasteiger partial charge in [-0.2, -0.15) is 0 Å². The Bertz CT molecular complexity index is 794. The molecule has 2 aromatic rings. The number of benzene rings is 2. The third-order valence-corrected chi connectivity index (χ3v) is 4.55. The van der Waals surface area contributed by atoms with Gasteiger partial charge < -0.3 is 21.5 Å². The highest BCUT2D eigenvalue weighted by molar-refractivity contribution is 6.39. The molecule has 0 unspecified atom stereocenters. The molecular weight excluding hydrogens is 389 g/mol. The molecule has 0 saturated heterocycles. The molecule has 0 fully saturated rings. The number of rotatable bonds is 9. The maximum atomic E-state index is 12.3. The monoisotopic (exact) mass is 409 g/mol. The van der Waals surface area contributed by atoms with Gasteiger partial charge in [0.25, 0.3) is 0 Å². The van der Waals surface area contributed by atoms with Crippen LogP contribution in [0.3, 0.4) is 0 Å². The molecule has 1 atom stereocenters. The number of carboxylic acid groups (broad SMARTS) is 1. The van der Waals surface area contributed by atoms with Gasteiger partial charge in [-0.3, -0.25) is 4.79 Å². The Balaban J connectivity index is 2.13. The van der Waals surface area contributed by atoms with Gasteiger partial charge in [-0.15, -0.1) is 0 Å². The molecule has 8 heteroatoms. The number of carbonyl (C=O) groups is 2. The van der Waals surface area contributed by atoms with Gasteiger partial charge in [0, 0.05) is 5.69 Å². The van der Waals surface area contributed by atoms with Crippen LogP contribution in [-0.4, -0.2) is 29.6 Å². The van der Waals surface area contributed by atoms with Gasteiger partial charge in [0.05, 0.1) is 22.2 Å². The van der Waals surface area contributed by atoms with Crippen molar-refractivity contribution in [2.45, 2.75) is 25.3 Å². The fourth-order valence-electron chi connectivity index (χ4n) is 2.55. The predicted molar refractivity (Wildman–Crippen MR) is 108 cm³/mol. The Labute approximate surface area is 167 Å². The minimum absolute atomic E-state index is 0.0116. The molecule has 144 valence electrons. The summed E-state index contributed by atoms with van der Waals surface area (Å²) >= 11 is 12.4. The summed E-state index contributed by atoms with van der Waals surface area (Å²) in [6, 6.07) is 11.4. The lowest BCUT2D eigenvalue weighted by Gasteiger charge is -2.16. The van der Waals surface area contributed by atoms with Crippen molar-refractivity contribution in [2.75, 3.05) is 11.9 Å². The van der Waals surface area contributed by atoms with Gasteiger partial charge in [0.15, 0.2) is 0 Å². The van der Waals surface area contributed by atoms with E-state index >= 15 is 0 Å². The second kappa shape index (κ2) is 10.2. The Kier molecular flexibility index (Phi) is 7.91. The standard InChI is InChI=1S/C19H21Cl2N3O3/c20-13-6-3-7-14(21)18(13)24-15-8-2-1-5-12(15)11-17(25)23-16(19(26)27)9-4-10-22/h1-3,5-8,16,24H,4,9-11,22H2,(H,23,25)(H,26,27)/t16-/m0/s1. The summed E-state index contributed by atoms with van der Waals surface area (Å²) in [5.74, 6) is -1.47. The van der Waals surface area contributed by atoms with E-state index in [1.807, 2.05) is 6.07 Å². The molecule has 27 heavy (non-hydrogen) atoms. The molecule has 0 aliphatic rings. The molecule has 0 saturated carbocycles. The number of hydrogen-bond acceptors (Lipinski definition) is 4. The summed E-state index contributed by atoms with van der Waals surface area (Å²) < 4.78 is 0. The predicted octanol–water partition coefficient (Wildman–Crippen LogP) is 3.59. The first kappa shape index (κ1) is 21.0. The van der Waals surface area contributed by atoms with E-state index in [9.17, 15) is 14.7 Å². The normalized spacial score (nSPS) is 11.7. The molecule has 5 N–H and O–H groups in total. The molecule has 1 amide bonds. The number of hydrogen-bond donors (Lipinski definition) is 4. The van der Waals surface area contributed by atoms with Crippen LogP contribution in [0.2, 0.25) is 10.0 Å². The second-order valence-electron chi connectivity index (χ2n) is 5.94. The number of anilines is 2. The lowest BCUT2D eigenvalue weighted by molar-refractivity contribution is -0.141. The first-order chi connectivity index (χ1) is 12.9. The number of para-hydroxylation sites is 2. The quantitative estimate of drug-likeness (QED) is 0.506. The number of aliphatic carboxylic acids is 1. The number of nitrogens with one attached hydrogen (secondary N) is 2. The number of halogens is 2. The van der Waals surface area contributed by atoms with Crippen LogP contribution in [-0.2, 0) is 16.0 Å². The van der Waals surface area contributed by atoms with Crippen LogP contribution in [0.4, 0.5) is 11.4 Å². The van der Waals surface area contributed by atoms with E-state index in [4.69, 9.17) is 28.9 Å². The topological polar surface area (TPSA) is 104 Å². The van der Waals surface area contributed by atoms with Crippen LogP contribution < -0.4 is 16.4 Å². The summed E-state index contributed by atoms with van der Waals surface area (Å²) in [5, 5.41) is 15.8. The van der Waals surface area contributed by atoms with Gasteiger partial charge in [-0.05, 0) is 43.1 Å². The molecule has 0 aromatic heterocycles. The summed E-state index contributed by atoms with van der Waals surface area (Å²) in [5.41, 5.74) is 7.31. The second-order valence-corrected chi connectivity index (χ2v) is 6.76. The molecular formula is C19H21Cl2N3O3. The molecule has 0 aliphatic heterocycles. The van der Waals surface area contributed by atoms with Gasteiger partial charge in [0.2, 0.25) is 5.91 Å². The SMILES string of the molecule is NCCC[C@H](NC(=O)Cc1ccccc1Nc1c(Cl)cccc1Cl)C(=O)O. The third kappa shape index (κ3) is 6.13. The first-order valence-electron chi connectivity index (χ1n) is 8.43. The van der Waals surface area contributed by atoms with Crippen molar-refractivity contribution in [3.8, 4) is 0 Å². The summed E-state index contributed by atoms with van der Waals surface area (Å²) in [6.07, 6.45) is 0.810. The largest absolute Gasteiger partial charge is 0.480 e. The highest BCUT2D eigenvalue weighted by Gasteiger charge is 2.20. The van der Waals surface area contributed by atoms with Crippen LogP contribution in [0.25, 0.3) is 0 Å². The smallest absolute Gasteiger partial charge is 0.326 e. The van der Waals surface area contributed by atoms with Crippen LogP contribution >= 0.6 is 23.2 Å². The van der Waals surface area contributed by atoms with Crippen LogP contribution in [0, 0.1) is 0 Å². The zero-order valence-electron chi connectivity index (χ0n) is 14.5. The Morgan fingerprint density at radius 2 is 1.74 bits per heavy atom. The molecule has 0 radical (unpaired) electrons. The minimum Gasteiger partial charge on any atom is -0.480 e. The van der Waals surface area contributed by atoms with Crippen molar-refractivity contribution in [1.29, 1.82) is 0 Å². The maximum Gasteiger partial charge on any atom is 0.326 e. The van der Waals surface area contributed by atoms with Gasteiger partial charge in [-0.25, -0.2) is 4.79 Å². The van der Waals surface area contributed by atoms with Crippen molar-refractivity contribution in [3.05, 3.63) is 58.1 Å². The van der Waals surface area contributed by atoms with E-state index in [1.54, 1.807) is 36.4 Å². The molecule has 0 aliphatic carbocycles. The Morgan fingerprint density at radius 1 is 1.07 bits per heavy atom. The zero-order valence-corrected chi connectivity index (χ0v) is 16.1. The van der Waals surface area contributed by atoms with E-state index in [0.717, 1.165) is 0 Å². The number of carboxylic acids is 1. The van der Waals surface area contributed by atoms with Gasteiger partial charge in [-0.1, -0.05) is 47.5 Å². The number of amides is 1. The van der Waals surface area contributed by atoms with E-state index in [1.165, 1.54) is 0 Å². The average Bonchev–Trinajstić information content (AvgIpc) is 2.63. The van der Waals surface area contributed by atoms with Crippen molar-refractivity contribution < 1.29 is 14.7 Å². The minimum atomic E-state index is -1.08. The third-order valence-electron chi connectivity index (χ3n) is 3.92. The van der Waals surface area contributed by atoms with E-state index in [2.05, 4.69) is 10.6 Å². The Hall–Kier alpha value is -2.28. The van der Waals surface area contributed by atoms with Crippen molar-refractivity contribution in [3.63, 3.8) is 0 Å². The van der Waals surface area contributed by atoms with E-state index < -0.39 is 12.0 Å². The summed E-state index contributed by atoms with van der Waals surface area (Å²) in [4.78, 5) is 23.6. The van der Waals surface area contributed by atoms with Crippen molar-refractivity contribution in [1.82, 2.24) is 5.32 Å². The lowest BCUT2D eigenvalue weighted by atomic mass is 10.1. The highest BCUT2D eigenvalue weighted by Crippen LogP contribution is 2.33. The average molecular weight is 410 g/mol. The maximum absolute atomic E-state index is 12.3. The zero-order chi connectivity index (χ0) is 19.8. The summed E-state index contributed by atoms with van der Waals surface area (Å²) in [7, 11) is 0. The number of carbonyl (C=O) groups excluding carboxylic acids is 1. The van der Waals surface area contributed by atoms with Crippen LogP contribution in [0.1, 0.15) is 18.4 Å². The number of nitrogens with two attached hydrogens (primary N) is 1. The molecule has 2 rings (SSSR count). The summed E-state index contributed by atoms with van der Waals surface area (Å²) in [6.45, 7) is 0.366. The van der Waals surface area contributed by atoms with Crippen LogP contribution in [0.15, 0.2) is 42.5 Å². The van der Waals surface area contributed by atoms with Crippen molar-refractivity contribution in [2.24, 2.45) is 5.73 Å². The van der Waals surface area contributed by atoms with E-state index in [0.29, 0.717) is 39.9 Å². The molecule has 0 heterocycles. The lowest BCUT2D eigenvalue weighted by Crippen LogP contribution is -2.41. The fourth-order valence-corrected chi connectivity index (χ4v) is 3.04. The van der Waals surface area contributed by atoms with Crippen LogP contribution in [0.5, 0.6) is 0 Å². The van der Waals surface area contributed by atoms with E-state index in [-0.39, 0.29) is 18.7 Å². The molecule has 2 aromatic carbocycles. The highest BCUT2D eigenvalue weighted by atomic mass is 35.5. The van der Waals surface area contributed by atoms with Gasteiger partial charge in [0.1, 0.15) is 6.04 Å². The molecule has 6 nitrogen and oxygen atoms in total. The molecule has 0 bridgehead atoms. The first-order valence-corrected chi connectivity index (χ1v) is 9.19.